The number of hydrogen-bond donors (Lipinski definition) is 3. The zero-order valence-electron chi connectivity index (χ0n) is 16.4. The van der Waals surface area contributed by atoms with Crippen molar-refractivity contribution in [3.05, 3.63) is 75.7 Å². The Bertz CT molecular complexity index is 944. The fourth-order valence-electron chi connectivity index (χ4n) is 3.56. The fourth-order valence-corrected chi connectivity index (χ4v) is 4.50. The van der Waals surface area contributed by atoms with Crippen LogP contribution in [0.15, 0.2) is 53.9 Å². The number of nitrogens with two attached hydrogens (primary N) is 1. The van der Waals surface area contributed by atoms with E-state index in [-0.39, 0.29) is 5.91 Å². The van der Waals surface area contributed by atoms with Crippen LogP contribution in [0.2, 0.25) is 0 Å². The Morgan fingerprint density at radius 2 is 1.79 bits per heavy atom. The molecule has 150 valence electrons. The number of amides is 1. The molecule has 1 aromatic heterocycles. The second-order valence-corrected chi connectivity index (χ2v) is 8.40. The lowest BCUT2D eigenvalue weighted by molar-refractivity contribution is 0.102. The number of nitrogen functional groups attached to an aromatic ring is 1. The number of nitrogens with zero attached hydrogens (tertiary/aromatic N) is 1. The molecule has 0 saturated carbocycles. The molecule has 1 amide bonds. The van der Waals surface area contributed by atoms with Gasteiger partial charge in [-0.3, -0.25) is 4.79 Å². The van der Waals surface area contributed by atoms with Gasteiger partial charge in [0.15, 0.2) is 0 Å². The van der Waals surface area contributed by atoms with Crippen molar-refractivity contribution in [1.29, 1.82) is 0 Å². The van der Waals surface area contributed by atoms with Crippen LogP contribution < -0.4 is 16.4 Å². The standard InChI is InChI=1S/C23H26N4OS/c24-19-9-5-16(6-10-19)3-4-17-7-11-20(12-8-17)26-22(28)21-15-29-23(27-21)18-2-1-13-25-14-18/h5-12,15,18,25H,1-4,13-14,24H2,(H,26,28). The van der Waals surface area contributed by atoms with Crippen LogP contribution in [-0.4, -0.2) is 24.0 Å². The Morgan fingerprint density at radius 1 is 1.10 bits per heavy atom. The summed E-state index contributed by atoms with van der Waals surface area (Å²) < 4.78 is 0. The van der Waals surface area contributed by atoms with Gasteiger partial charge >= 0.3 is 0 Å². The van der Waals surface area contributed by atoms with E-state index in [4.69, 9.17) is 5.73 Å². The smallest absolute Gasteiger partial charge is 0.275 e. The number of piperidine rings is 1. The van der Waals surface area contributed by atoms with Crippen LogP contribution in [0.5, 0.6) is 0 Å². The summed E-state index contributed by atoms with van der Waals surface area (Å²) in [4.78, 5) is 17.1. The summed E-state index contributed by atoms with van der Waals surface area (Å²) in [5, 5.41) is 9.28. The summed E-state index contributed by atoms with van der Waals surface area (Å²) >= 11 is 1.58. The maximum Gasteiger partial charge on any atom is 0.275 e. The molecule has 0 radical (unpaired) electrons. The van der Waals surface area contributed by atoms with Crippen molar-refractivity contribution in [2.75, 3.05) is 24.1 Å². The SMILES string of the molecule is Nc1ccc(CCc2ccc(NC(=O)c3csc(C4CCCNC4)n3)cc2)cc1. The van der Waals surface area contributed by atoms with Crippen molar-refractivity contribution in [1.82, 2.24) is 10.3 Å². The molecule has 3 aromatic rings. The molecule has 1 aliphatic heterocycles. The quantitative estimate of drug-likeness (QED) is 0.535. The molecule has 1 atom stereocenters. The highest BCUT2D eigenvalue weighted by Gasteiger charge is 2.20. The minimum atomic E-state index is -0.147. The van der Waals surface area contributed by atoms with E-state index in [0.29, 0.717) is 11.6 Å². The Labute approximate surface area is 175 Å². The maximum atomic E-state index is 12.5. The molecular formula is C23H26N4OS. The first-order valence-corrected chi connectivity index (χ1v) is 11.0. The number of anilines is 2. The van der Waals surface area contributed by atoms with Crippen LogP contribution in [0.4, 0.5) is 11.4 Å². The van der Waals surface area contributed by atoms with Gasteiger partial charge in [-0.15, -0.1) is 11.3 Å². The summed E-state index contributed by atoms with van der Waals surface area (Å²) in [5.74, 6) is 0.279. The van der Waals surface area contributed by atoms with Gasteiger partial charge in [0.25, 0.3) is 5.91 Å². The predicted molar refractivity (Wildman–Crippen MR) is 120 cm³/mol. The van der Waals surface area contributed by atoms with E-state index in [1.165, 1.54) is 11.1 Å². The molecule has 6 heteroatoms. The zero-order chi connectivity index (χ0) is 20.1. The number of benzene rings is 2. The van der Waals surface area contributed by atoms with Crippen molar-refractivity contribution in [2.45, 2.75) is 31.6 Å². The first-order chi connectivity index (χ1) is 14.2. The number of aromatic nitrogens is 1. The molecule has 0 bridgehead atoms. The summed E-state index contributed by atoms with van der Waals surface area (Å²) in [6, 6.07) is 16.0. The van der Waals surface area contributed by atoms with Crippen LogP contribution in [0.3, 0.4) is 0 Å². The summed E-state index contributed by atoms with van der Waals surface area (Å²) in [5.41, 5.74) is 10.3. The molecule has 29 heavy (non-hydrogen) atoms. The lowest BCUT2D eigenvalue weighted by Crippen LogP contribution is -2.28. The van der Waals surface area contributed by atoms with E-state index in [0.717, 1.165) is 55.2 Å². The van der Waals surface area contributed by atoms with Gasteiger partial charge in [-0.2, -0.15) is 0 Å². The normalized spacial score (nSPS) is 16.5. The highest BCUT2D eigenvalue weighted by molar-refractivity contribution is 7.10. The van der Waals surface area contributed by atoms with E-state index in [1.54, 1.807) is 11.3 Å². The van der Waals surface area contributed by atoms with Gasteiger partial charge in [0.2, 0.25) is 0 Å². The van der Waals surface area contributed by atoms with Gasteiger partial charge in [0, 0.05) is 29.2 Å². The fraction of sp³-hybridized carbons (Fsp3) is 0.304. The number of thiazole rings is 1. The van der Waals surface area contributed by atoms with Crippen molar-refractivity contribution >= 4 is 28.6 Å². The van der Waals surface area contributed by atoms with Crippen molar-refractivity contribution in [2.24, 2.45) is 0 Å². The highest BCUT2D eigenvalue weighted by atomic mass is 32.1. The second-order valence-electron chi connectivity index (χ2n) is 7.51. The molecule has 1 saturated heterocycles. The van der Waals surface area contributed by atoms with Crippen molar-refractivity contribution in [3.63, 3.8) is 0 Å². The van der Waals surface area contributed by atoms with E-state index in [9.17, 15) is 4.79 Å². The van der Waals surface area contributed by atoms with Gasteiger partial charge in [-0.1, -0.05) is 24.3 Å². The lowest BCUT2D eigenvalue weighted by atomic mass is 10.0. The Morgan fingerprint density at radius 3 is 2.45 bits per heavy atom. The summed E-state index contributed by atoms with van der Waals surface area (Å²) in [6.07, 6.45) is 4.21. The van der Waals surface area contributed by atoms with Crippen LogP contribution in [0.25, 0.3) is 0 Å². The topological polar surface area (TPSA) is 80.0 Å². The third-order valence-electron chi connectivity index (χ3n) is 5.29. The van der Waals surface area contributed by atoms with Gasteiger partial charge in [0.1, 0.15) is 5.69 Å². The first-order valence-electron chi connectivity index (χ1n) is 10.1. The lowest BCUT2D eigenvalue weighted by Gasteiger charge is -2.20. The zero-order valence-corrected chi connectivity index (χ0v) is 17.2. The number of nitrogens with one attached hydrogen (secondary N) is 2. The third kappa shape index (κ3) is 5.22. The number of carbonyl (C=O) groups excluding carboxylic acids is 1. The minimum absolute atomic E-state index is 0.147. The van der Waals surface area contributed by atoms with E-state index < -0.39 is 0 Å². The molecule has 0 aliphatic carbocycles. The van der Waals surface area contributed by atoms with E-state index >= 15 is 0 Å². The molecule has 2 heterocycles. The second kappa shape index (κ2) is 9.20. The highest BCUT2D eigenvalue weighted by Crippen LogP contribution is 2.26. The van der Waals surface area contributed by atoms with Crippen LogP contribution >= 0.6 is 11.3 Å². The largest absolute Gasteiger partial charge is 0.399 e. The molecule has 0 spiro atoms. The van der Waals surface area contributed by atoms with Crippen molar-refractivity contribution in [3.8, 4) is 0 Å². The molecule has 4 N–H and O–H groups in total. The van der Waals surface area contributed by atoms with Gasteiger partial charge in [-0.25, -0.2) is 4.98 Å². The third-order valence-corrected chi connectivity index (χ3v) is 6.30. The number of hydrogen-bond acceptors (Lipinski definition) is 5. The molecule has 1 fully saturated rings. The number of aryl methyl sites for hydroxylation is 2. The molecule has 1 unspecified atom stereocenters. The van der Waals surface area contributed by atoms with Crippen LogP contribution in [-0.2, 0) is 12.8 Å². The van der Waals surface area contributed by atoms with E-state index in [2.05, 4.69) is 39.9 Å². The average molecular weight is 407 g/mol. The molecule has 5 nitrogen and oxygen atoms in total. The van der Waals surface area contributed by atoms with Gasteiger partial charge < -0.3 is 16.4 Å². The Balaban J connectivity index is 1.31. The molecule has 4 rings (SSSR count). The maximum absolute atomic E-state index is 12.5. The van der Waals surface area contributed by atoms with Gasteiger partial charge in [-0.05, 0) is 67.6 Å². The number of rotatable bonds is 6. The summed E-state index contributed by atoms with van der Waals surface area (Å²) in [7, 11) is 0. The van der Waals surface area contributed by atoms with Crippen LogP contribution in [0.1, 0.15) is 45.4 Å². The molecule has 2 aromatic carbocycles. The number of carbonyl (C=O) groups is 1. The van der Waals surface area contributed by atoms with Crippen LogP contribution in [0, 0.1) is 0 Å². The Hall–Kier alpha value is -2.70. The predicted octanol–water partition coefficient (Wildman–Crippen LogP) is 4.23. The summed E-state index contributed by atoms with van der Waals surface area (Å²) in [6.45, 7) is 2.03. The minimum Gasteiger partial charge on any atom is -0.399 e. The van der Waals surface area contributed by atoms with Gasteiger partial charge in [0.05, 0.1) is 5.01 Å². The molecule has 1 aliphatic rings. The Kier molecular flexibility index (Phi) is 6.22. The van der Waals surface area contributed by atoms with Crippen molar-refractivity contribution < 1.29 is 4.79 Å². The monoisotopic (exact) mass is 406 g/mol. The first kappa shape index (κ1) is 19.6. The van der Waals surface area contributed by atoms with E-state index in [1.807, 2.05) is 29.6 Å². The average Bonchev–Trinajstić information content (AvgIpc) is 3.26. The molecular weight excluding hydrogens is 380 g/mol.